The molecule has 6 rings (SSSR count). The Kier molecular flexibility index (Phi) is 6.24. The molecule has 2 aromatic heterocycles. The Bertz CT molecular complexity index is 1740. The van der Waals surface area contributed by atoms with E-state index in [0.717, 1.165) is 53.1 Å². The van der Waals surface area contributed by atoms with Crippen LogP contribution in [0.25, 0.3) is 44.6 Å². The molecule has 178 valence electrons. The van der Waals surface area contributed by atoms with Crippen LogP contribution in [0.1, 0.15) is 30.3 Å². The van der Waals surface area contributed by atoms with Crippen molar-refractivity contribution in [2.24, 2.45) is 7.05 Å². The zero-order chi connectivity index (χ0) is 25.5. The second kappa shape index (κ2) is 9.71. The maximum absolute atomic E-state index is 5.11. The van der Waals surface area contributed by atoms with Crippen LogP contribution in [-0.2, 0) is 20.0 Å². The third-order valence-electron chi connectivity index (χ3n) is 7.39. The molecule has 0 radical (unpaired) electrons. The van der Waals surface area contributed by atoms with Crippen LogP contribution in [0.5, 0.6) is 0 Å². The summed E-state index contributed by atoms with van der Waals surface area (Å²) in [5.74, 6) is 2.13. The van der Waals surface area contributed by atoms with Crippen LogP contribution in [0, 0.1) is 6.92 Å². The predicted octanol–water partition coefficient (Wildman–Crippen LogP) is 6.36. The molecule has 37 heavy (non-hydrogen) atoms. The van der Waals surface area contributed by atoms with Crippen molar-refractivity contribution in [2.45, 2.75) is 33.2 Å². The molecule has 0 N–H and O–H groups in total. The topological polar surface area (TPSA) is 35.6 Å². The molecule has 4 nitrogen and oxygen atoms in total. The van der Waals surface area contributed by atoms with Gasteiger partial charge in [0.1, 0.15) is 0 Å². The molecule has 6 aromatic rings. The molecule has 5 heteroatoms. The molecule has 0 bridgehead atoms. The first kappa shape index (κ1) is 23.8. The fourth-order valence-electron chi connectivity index (χ4n) is 5.43. The second-order valence-corrected chi connectivity index (χ2v) is 10.0. The van der Waals surface area contributed by atoms with Crippen molar-refractivity contribution in [3.05, 3.63) is 102 Å². The fourth-order valence-corrected chi connectivity index (χ4v) is 5.43. The summed E-state index contributed by atoms with van der Waals surface area (Å²) in [5, 5.41) is 0. The summed E-state index contributed by atoms with van der Waals surface area (Å²) in [7, 11) is 2.10. The molecule has 0 fully saturated rings. The minimum absolute atomic E-state index is 0.797. The Morgan fingerprint density at radius 1 is 0.811 bits per heavy atom. The van der Waals surface area contributed by atoms with Crippen molar-refractivity contribution in [3.8, 4) is 22.5 Å². The van der Waals surface area contributed by atoms with Gasteiger partial charge < -0.3 is 4.57 Å². The van der Waals surface area contributed by atoms with Crippen LogP contribution >= 0.6 is 0 Å². The third-order valence-corrected chi connectivity index (χ3v) is 7.39. The van der Waals surface area contributed by atoms with Gasteiger partial charge >= 0.3 is 176 Å². The molecule has 0 aliphatic heterocycles. The molecular formula is C32H29LiN4. The van der Waals surface area contributed by atoms with Crippen LogP contribution in [0.15, 0.2) is 84.9 Å². The van der Waals surface area contributed by atoms with Gasteiger partial charge in [-0.2, -0.15) is 0 Å². The van der Waals surface area contributed by atoms with Crippen molar-refractivity contribution < 1.29 is 0 Å². The summed E-state index contributed by atoms with van der Waals surface area (Å²) in [6.45, 7) is 5.18. The number of para-hydroxylation sites is 2. The number of nitrogens with zero attached hydrogens (tertiary/aromatic N) is 4. The molecule has 0 saturated carbocycles. The first-order valence-corrected chi connectivity index (χ1v) is 13.1. The van der Waals surface area contributed by atoms with Crippen LogP contribution in [0.3, 0.4) is 0 Å². The van der Waals surface area contributed by atoms with E-state index < -0.39 is 0 Å². The first-order valence-electron chi connectivity index (χ1n) is 13.1. The van der Waals surface area contributed by atoms with E-state index in [-0.39, 0.29) is 0 Å². The molecule has 0 aliphatic carbocycles. The summed E-state index contributed by atoms with van der Waals surface area (Å²) >= 11 is 2.17. The molecule has 0 spiro atoms. The number of fused-ring (bicyclic) bond motifs is 2. The van der Waals surface area contributed by atoms with E-state index in [9.17, 15) is 0 Å². The van der Waals surface area contributed by atoms with Gasteiger partial charge in [-0.05, 0) is 12.1 Å². The van der Waals surface area contributed by atoms with E-state index in [0.29, 0.717) is 0 Å². The van der Waals surface area contributed by atoms with Gasteiger partial charge in [-0.15, -0.1) is 0 Å². The van der Waals surface area contributed by atoms with Gasteiger partial charge in [-0.1, -0.05) is 12.1 Å². The number of hydrogen-bond acceptors (Lipinski definition) is 2. The number of imidazole rings is 2. The quantitative estimate of drug-likeness (QED) is 0.262. The van der Waals surface area contributed by atoms with Crippen LogP contribution < -0.4 is 4.24 Å². The first-order chi connectivity index (χ1) is 18.0. The van der Waals surface area contributed by atoms with Crippen molar-refractivity contribution in [3.63, 3.8) is 0 Å². The predicted molar refractivity (Wildman–Crippen MR) is 155 cm³/mol. The Morgan fingerprint density at radius 3 is 2.32 bits per heavy atom. The molecule has 0 saturated heterocycles. The van der Waals surface area contributed by atoms with Gasteiger partial charge in [-0.3, -0.25) is 0 Å². The van der Waals surface area contributed by atoms with E-state index >= 15 is 0 Å². The Morgan fingerprint density at radius 2 is 1.57 bits per heavy atom. The van der Waals surface area contributed by atoms with Gasteiger partial charge in [-0.25, -0.2) is 4.98 Å². The number of aromatic nitrogens is 4. The van der Waals surface area contributed by atoms with Crippen molar-refractivity contribution in [2.75, 3.05) is 0 Å². The van der Waals surface area contributed by atoms with Gasteiger partial charge in [0.2, 0.25) is 0 Å². The third kappa shape index (κ3) is 4.31. The maximum atomic E-state index is 5.11. The minimum atomic E-state index is 0.797. The van der Waals surface area contributed by atoms with Crippen molar-refractivity contribution >= 4 is 44.0 Å². The Balaban J connectivity index is 1.44. The van der Waals surface area contributed by atoms with Gasteiger partial charge in [0.25, 0.3) is 0 Å². The van der Waals surface area contributed by atoms with E-state index in [1.165, 1.54) is 32.0 Å². The zero-order valence-corrected chi connectivity index (χ0v) is 22.0. The summed E-state index contributed by atoms with van der Waals surface area (Å²) in [5.41, 5.74) is 10.6. The summed E-state index contributed by atoms with van der Waals surface area (Å²) in [4.78, 5) is 10.1. The average molecular weight is 477 g/mol. The number of benzene rings is 4. The SMILES string of the molecule is [Li][c]1ccccc1-c1ccc(Cn2c(CCC)nc3c(C)cc(-c4nc5ccccc5n4C)cc32)cc1. The molecule has 0 aliphatic rings. The monoisotopic (exact) mass is 476 g/mol. The van der Waals surface area contributed by atoms with Crippen LogP contribution in [0.4, 0.5) is 0 Å². The number of hydrogen-bond donors (Lipinski definition) is 0. The Labute approximate surface area is 227 Å². The molecule has 4 aromatic carbocycles. The van der Waals surface area contributed by atoms with Crippen LogP contribution in [-0.4, -0.2) is 36.8 Å². The average Bonchev–Trinajstić information content (AvgIpc) is 3.43. The normalized spacial score (nSPS) is 11.6. The standard InChI is InChI=1S/C32H29N4.Li/c1-4-10-30-34-31-22(2)19-26(32-33-27-13-8-9-14-28(27)35(32)3)20-29(31)36(30)21-23-15-17-25(18-16-23)24-11-6-5-7-12-24;/h5-9,11,13-20H,4,10,21H2,1-3H3;. The van der Waals surface area contributed by atoms with E-state index in [2.05, 4.69) is 127 Å². The summed E-state index contributed by atoms with van der Waals surface area (Å²) < 4.78 is 5.89. The molecule has 0 unspecified atom stereocenters. The summed E-state index contributed by atoms with van der Waals surface area (Å²) in [6, 6.07) is 30.4. The number of aryl methyl sites for hydroxylation is 3. The van der Waals surface area contributed by atoms with E-state index in [4.69, 9.17) is 9.97 Å². The zero-order valence-electron chi connectivity index (χ0n) is 22.0. The summed E-state index contributed by atoms with van der Waals surface area (Å²) in [6.07, 6.45) is 2.02. The second-order valence-electron chi connectivity index (χ2n) is 10.0. The Hall–Kier alpha value is -3.58. The van der Waals surface area contributed by atoms with Gasteiger partial charge in [0, 0.05) is 7.05 Å². The van der Waals surface area contributed by atoms with Crippen molar-refractivity contribution in [1.82, 2.24) is 19.1 Å². The van der Waals surface area contributed by atoms with Gasteiger partial charge in [0.15, 0.2) is 0 Å². The molecular weight excluding hydrogens is 447 g/mol. The molecule has 0 atom stereocenters. The molecule has 2 heterocycles. The van der Waals surface area contributed by atoms with E-state index in [1.807, 2.05) is 6.07 Å². The number of rotatable bonds is 6. The van der Waals surface area contributed by atoms with Crippen molar-refractivity contribution in [1.29, 1.82) is 0 Å². The molecule has 0 amide bonds. The fraction of sp³-hybridized carbons (Fsp3) is 0.188. The van der Waals surface area contributed by atoms with Gasteiger partial charge in [0.05, 0.1) is 11.0 Å². The van der Waals surface area contributed by atoms with E-state index in [1.54, 1.807) is 0 Å². The van der Waals surface area contributed by atoms with Crippen LogP contribution in [0.2, 0.25) is 0 Å².